The lowest BCUT2D eigenvalue weighted by molar-refractivity contribution is -0.143. The summed E-state index contributed by atoms with van der Waals surface area (Å²) in [6.45, 7) is 7.96. The highest BCUT2D eigenvalue weighted by molar-refractivity contribution is 7.99. The van der Waals surface area contributed by atoms with Crippen LogP contribution in [0.5, 0.6) is 11.5 Å². The molecule has 36 heavy (non-hydrogen) atoms. The van der Waals surface area contributed by atoms with Gasteiger partial charge in [-0.05, 0) is 51.0 Å². The van der Waals surface area contributed by atoms with Gasteiger partial charge in [-0.25, -0.2) is 9.97 Å². The van der Waals surface area contributed by atoms with Gasteiger partial charge in [0.05, 0.1) is 5.75 Å². The number of aryl methyl sites for hydroxylation is 2. The first-order chi connectivity index (χ1) is 17.3. The van der Waals surface area contributed by atoms with Crippen LogP contribution in [0.25, 0.3) is 0 Å². The first-order valence-corrected chi connectivity index (χ1v) is 12.8. The van der Waals surface area contributed by atoms with Crippen molar-refractivity contribution in [3.8, 4) is 11.5 Å². The van der Waals surface area contributed by atoms with Crippen LogP contribution < -0.4 is 14.8 Å². The molecule has 1 aromatic heterocycles. The van der Waals surface area contributed by atoms with Crippen molar-refractivity contribution >= 4 is 29.3 Å². The Balaban J connectivity index is 1.57. The number of nitrogens with one attached hydrogen (secondary N) is 1. The number of thioether (sulfide) groups is 1. The van der Waals surface area contributed by atoms with E-state index >= 15 is 0 Å². The number of anilines is 1. The molecule has 0 radical (unpaired) electrons. The Morgan fingerprint density at radius 1 is 1.03 bits per heavy atom. The minimum absolute atomic E-state index is 0.114. The third-order valence-electron chi connectivity index (χ3n) is 6.17. The second-order valence-electron chi connectivity index (χ2n) is 8.84. The van der Waals surface area contributed by atoms with Crippen LogP contribution in [0.15, 0.2) is 59.8 Å². The van der Waals surface area contributed by atoms with E-state index < -0.39 is 5.54 Å². The lowest BCUT2D eigenvalue weighted by Gasteiger charge is -2.39. The highest BCUT2D eigenvalue weighted by Gasteiger charge is 2.41. The van der Waals surface area contributed by atoms with E-state index in [2.05, 4.69) is 15.3 Å². The maximum atomic E-state index is 13.7. The Labute approximate surface area is 215 Å². The van der Waals surface area contributed by atoms with E-state index in [0.29, 0.717) is 35.3 Å². The van der Waals surface area contributed by atoms with E-state index in [1.807, 2.05) is 57.2 Å². The summed E-state index contributed by atoms with van der Waals surface area (Å²) < 4.78 is 10.8. The molecule has 0 bridgehead atoms. The summed E-state index contributed by atoms with van der Waals surface area (Å²) in [5.74, 6) is 0.881. The topological polar surface area (TPSA) is 93.7 Å². The third kappa shape index (κ3) is 5.79. The molecular formula is C27H30N4O4S. The minimum atomic E-state index is -1.10. The van der Waals surface area contributed by atoms with Crippen LogP contribution in [0.3, 0.4) is 0 Å². The van der Waals surface area contributed by atoms with Crippen LogP contribution in [0.4, 0.5) is 5.69 Å². The number of carbonyl (C=O) groups excluding carboxylic acids is 2. The van der Waals surface area contributed by atoms with Crippen molar-refractivity contribution in [2.24, 2.45) is 0 Å². The molecule has 0 saturated heterocycles. The molecule has 1 unspecified atom stereocenters. The second kappa shape index (κ2) is 11.0. The van der Waals surface area contributed by atoms with Gasteiger partial charge in [0.2, 0.25) is 18.6 Å². The first kappa shape index (κ1) is 25.5. The zero-order valence-corrected chi connectivity index (χ0v) is 21.7. The zero-order chi connectivity index (χ0) is 25.7. The van der Waals surface area contributed by atoms with Crippen molar-refractivity contribution in [2.45, 2.75) is 51.4 Å². The average Bonchev–Trinajstić information content (AvgIpc) is 3.33. The monoisotopic (exact) mass is 506 g/mol. The molecule has 0 aliphatic carbocycles. The molecule has 1 aliphatic rings. The number of benzene rings is 2. The van der Waals surface area contributed by atoms with Crippen LogP contribution >= 0.6 is 11.8 Å². The summed E-state index contributed by atoms with van der Waals surface area (Å²) in [5.41, 5.74) is 2.11. The van der Waals surface area contributed by atoms with Crippen LogP contribution in [0.1, 0.15) is 37.2 Å². The van der Waals surface area contributed by atoms with Gasteiger partial charge < -0.3 is 19.7 Å². The molecule has 4 rings (SSSR count). The van der Waals surface area contributed by atoms with Crippen LogP contribution in [-0.2, 0) is 16.1 Å². The van der Waals surface area contributed by atoms with Gasteiger partial charge in [0.25, 0.3) is 0 Å². The molecule has 0 spiro atoms. The minimum Gasteiger partial charge on any atom is -0.454 e. The normalized spacial score (nSPS) is 13.7. The van der Waals surface area contributed by atoms with Gasteiger partial charge in [0.15, 0.2) is 16.7 Å². The molecular weight excluding hydrogens is 476 g/mol. The van der Waals surface area contributed by atoms with Crippen molar-refractivity contribution in [3.63, 3.8) is 0 Å². The molecule has 2 heterocycles. The Morgan fingerprint density at radius 2 is 1.72 bits per heavy atom. The SMILES string of the molecule is CCC(C)(C(=O)Nc1ccc2c(c1)OCO2)N(Cc1ccccc1)C(=O)CSc1nc(C)cc(C)n1. The first-order valence-electron chi connectivity index (χ1n) is 11.8. The molecule has 1 aliphatic heterocycles. The number of carbonyl (C=O) groups is 2. The highest BCUT2D eigenvalue weighted by atomic mass is 32.2. The lowest BCUT2D eigenvalue weighted by atomic mass is 9.93. The van der Waals surface area contributed by atoms with Gasteiger partial charge in [-0.1, -0.05) is 49.0 Å². The fourth-order valence-corrected chi connectivity index (χ4v) is 4.81. The van der Waals surface area contributed by atoms with Crippen molar-refractivity contribution in [1.82, 2.24) is 14.9 Å². The number of hydrogen-bond donors (Lipinski definition) is 1. The van der Waals surface area contributed by atoms with Gasteiger partial charge in [-0.15, -0.1) is 0 Å². The predicted molar refractivity (Wildman–Crippen MR) is 139 cm³/mol. The van der Waals surface area contributed by atoms with E-state index in [0.717, 1.165) is 17.0 Å². The second-order valence-corrected chi connectivity index (χ2v) is 9.78. The molecule has 0 fully saturated rings. The summed E-state index contributed by atoms with van der Waals surface area (Å²) in [7, 11) is 0. The Morgan fingerprint density at radius 3 is 2.42 bits per heavy atom. The van der Waals surface area contributed by atoms with Crippen molar-refractivity contribution in [1.29, 1.82) is 0 Å². The number of hydrogen-bond acceptors (Lipinski definition) is 7. The van der Waals surface area contributed by atoms with Crippen molar-refractivity contribution in [2.75, 3.05) is 17.9 Å². The van der Waals surface area contributed by atoms with Crippen LogP contribution in [0, 0.1) is 13.8 Å². The van der Waals surface area contributed by atoms with Gasteiger partial charge in [-0.2, -0.15) is 0 Å². The Hall–Kier alpha value is -3.59. The number of ether oxygens (including phenoxy) is 2. The summed E-state index contributed by atoms with van der Waals surface area (Å²) in [6, 6.07) is 16.8. The van der Waals surface area contributed by atoms with Gasteiger partial charge in [0, 0.05) is 29.7 Å². The molecule has 0 saturated carbocycles. The quantitative estimate of drug-likeness (QED) is 0.331. The highest BCUT2D eigenvalue weighted by Crippen LogP contribution is 2.35. The lowest BCUT2D eigenvalue weighted by Crippen LogP contribution is -2.57. The number of rotatable bonds is 9. The number of fused-ring (bicyclic) bond motifs is 1. The van der Waals surface area contributed by atoms with E-state index in [9.17, 15) is 9.59 Å². The standard InChI is InChI=1S/C27H30N4O4S/c1-5-27(4,25(33)30-21-11-12-22-23(14-21)35-17-34-22)31(15-20-9-7-6-8-10-20)24(32)16-36-26-28-18(2)13-19(3)29-26/h6-14H,5,15-17H2,1-4H3,(H,30,33). The summed E-state index contributed by atoms with van der Waals surface area (Å²) in [6.07, 6.45) is 0.423. The zero-order valence-electron chi connectivity index (χ0n) is 20.9. The fourth-order valence-electron chi connectivity index (χ4n) is 3.98. The predicted octanol–water partition coefficient (Wildman–Crippen LogP) is 4.75. The summed E-state index contributed by atoms with van der Waals surface area (Å²) in [4.78, 5) is 37.8. The van der Waals surface area contributed by atoms with Crippen molar-refractivity contribution in [3.05, 3.63) is 71.5 Å². The van der Waals surface area contributed by atoms with Crippen LogP contribution in [-0.4, -0.2) is 44.8 Å². The van der Waals surface area contributed by atoms with Gasteiger partial charge in [0.1, 0.15) is 5.54 Å². The smallest absolute Gasteiger partial charge is 0.250 e. The number of aromatic nitrogens is 2. The summed E-state index contributed by atoms with van der Waals surface area (Å²) >= 11 is 1.28. The number of nitrogens with zero attached hydrogens (tertiary/aromatic N) is 3. The van der Waals surface area contributed by atoms with Crippen molar-refractivity contribution < 1.29 is 19.1 Å². The molecule has 188 valence electrons. The average molecular weight is 507 g/mol. The number of amides is 2. The molecule has 8 nitrogen and oxygen atoms in total. The largest absolute Gasteiger partial charge is 0.454 e. The van der Waals surface area contributed by atoms with Crippen LogP contribution in [0.2, 0.25) is 0 Å². The third-order valence-corrected chi connectivity index (χ3v) is 7.01. The molecule has 1 N–H and O–H groups in total. The molecule has 2 aromatic carbocycles. The van der Waals surface area contributed by atoms with E-state index in [4.69, 9.17) is 9.47 Å². The van der Waals surface area contributed by atoms with E-state index in [-0.39, 0.29) is 24.4 Å². The van der Waals surface area contributed by atoms with Gasteiger partial charge >= 0.3 is 0 Å². The van der Waals surface area contributed by atoms with E-state index in [1.165, 1.54) is 11.8 Å². The maximum absolute atomic E-state index is 13.7. The molecule has 9 heteroatoms. The maximum Gasteiger partial charge on any atom is 0.250 e. The van der Waals surface area contributed by atoms with Gasteiger partial charge in [-0.3, -0.25) is 9.59 Å². The molecule has 2 amide bonds. The molecule has 1 atom stereocenters. The summed E-state index contributed by atoms with van der Waals surface area (Å²) in [5, 5.41) is 3.52. The fraction of sp³-hybridized carbons (Fsp3) is 0.333. The van der Waals surface area contributed by atoms with E-state index in [1.54, 1.807) is 30.0 Å². The Kier molecular flexibility index (Phi) is 7.79. The molecule has 3 aromatic rings. The Bertz CT molecular complexity index is 1230.